The first-order valence-electron chi connectivity index (χ1n) is 6.70. The van der Waals surface area contributed by atoms with Gasteiger partial charge in [-0.3, -0.25) is 4.79 Å². The molecule has 1 atom stereocenters. The fourth-order valence-corrected chi connectivity index (χ4v) is 4.73. The predicted octanol–water partition coefficient (Wildman–Crippen LogP) is 2.39. The minimum atomic E-state index is -2.79. The van der Waals surface area contributed by atoms with Crippen molar-refractivity contribution in [2.45, 2.75) is 19.3 Å². The first-order valence-corrected chi connectivity index (χ1v) is 9.32. The van der Waals surface area contributed by atoms with Crippen molar-refractivity contribution in [2.75, 3.05) is 18.1 Å². The first kappa shape index (κ1) is 15.5. The summed E-state index contributed by atoms with van der Waals surface area (Å²) >= 11 is 3.33. The topological polar surface area (TPSA) is 63.2 Å². The monoisotopic (exact) mass is 359 g/mol. The van der Waals surface area contributed by atoms with E-state index in [-0.39, 0.29) is 11.8 Å². The molecule has 1 amide bonds. The van der Waals surface area contributed by atoms with E-state index in [1.54, 1.807) is 12.1 Å². The summed E-state index contributed by atoms with van der Waals surface area (Å²) in [5, 5.41) is 2.86. The van der Waals surface area contributed by atoms with Crippen molar-refractivity contribution in [1.82, 2.24) is 5.32 Å². The molecule has 1 heterocycles. The fourth-order valence-electron chi connectivity index (χ4n) is 2.42. The number of amides is 1. The molecule has 0 radical (unpaired) electrons. The predicted molar refractivity (Wildman–Crippen MR) is 82.5 cm³/mol. The van der Waals surface area contributed by atoms with Gasteiger partial charge in [0, 0.05) is 16.6 Å². The van der Waals surface area contributed by atoms with E-state index in [0.717, 1.165) is 23.7 Å². The lowest BCUT2D eigenvalue weighted by Crippen LogP contribution is -2.24. The minimum absolute atomic E-state index is 0.0923. The summed E-state index contributed by atoms with van der Waals surface area (Å²) in [7, 11) is -2.79. The molecule has 110 valence electrons. The molecule has 1 aliphatic heterocycles. The smallest absolute Gasteiger partial charge is 0.251 e. The van der Waals surface area contributed by atoms with Gasteiger partial charge in [0.2, 0.25) is 0 Å². The quantitative estimate of drug-likeness (QED) is 0.821. The molecule has 0 saturated carbocycles. The molecule has 1 saturated heterocycles. The van der Waals surface area contributed by atoms with Crippen LogP contribution in [0.15, 0.2) is 28.7 Å². The third-order valence-corrected chi connectivity index (χ3v) is 5.82. The second kappa shape index (κ2) is 6.72. The molecule has 1 aliphatic rings. The van der Waals surface area contributed by atoms with Crippen molar-refractivity contribution in [3.05, 3.63) is 34.3 Å². The molecule has 1 aromatic carbocycles. The Balaban J connectivity index is 1.70. The van der Waals surface area contributed by atoms with Crippen molar-refractivity contribution in [1.29, 1.82) is 0 Å². The molecular weight excluding hydrogens is 342 g/mol. The Kier molecular flexibility index (Phi) is 5.21. The highest BCUT2D eigenvalue weighted by Crippen LogP contribution is 2.22. The molecule has 6 heteroatoms. The van der Waals surface area contributed by atoms with Crippen LogP contribution in [-0.4, -0.2) is 32.4 Å². The summed E-state index contributed by atoms with van der Waals surface area (Å²) in [6.07, 6.45) is 2.44. The van der Waals surface area contributed by atoms with E-state index in [1.165, 1.54) is 0 Å². The standard InChI is InChI=1S/C14H18BrNO3S/c15-13-5-1-4-12(9-13)14(17)16-7-2-3-11-6-8-20(18,19)10-11/h1,4-5,9,11H,2-3,6-8,10H2,(H,16,17). The van der Waals surface area contributed by atoms with Gasteiger partial charge in [0.05, 0.1) is 11.5 Å². The Morgan fingerprint density at radius 1 is 1.40 bits per heavy atom. The molecule has 1 fully saturated rings. The van der Waals surface area contributed by atoms with Crippen LogP contribution >= 0.6 is 15.9 Å². The summed E-state index contributed by atoms with van der Waals surface area (Å²) in [6.45, 7) is 0.585. The molecule has 0 aliphatic carbocycles. The molecular formula is C14H18BrNO3S. The van der Waals surface area contributed by atoms with Crippen molar-refractivity contribution < 1.29 is 13.2 Å². The van der Waals surface area contributed by atoms with Crippen LogP contribution in [0.4, 0.5) is 0 Å². The number of halogens is 1. The lowest BCUT2D eigenvalue weighted by atomic mass is 10.0. The van der Waals surface area contributed by atoms with Gasteiger partial charge in [0.15, 0.2) is 9.84 Å². The third-order valence-electron chi connectivity index (χ3n) is 3.49. The van der Waals surface area contributed by atoms with Gasteiger partial charge < -0.3 is 5.32 Å². The van der Waals surface area contributed by atoms with Gasteiger partial charge in [-0.15, -0.1) is 0 Å². The van der Waals surface area contributed by atoms with E-state index < -0.39 is 9.84 Å². The Bertz CT molecular complexity index is 586. The van der Waals surface area contributed by atoms with E-state index in [2.05, 4.69) is 21.2 Å². The molecule has 20 heavy (non-hydrogen) atoms. The largest absolute Gasteiger partial charge is 0.352 e. The van der Waals surface area contributed by atoms with Gasteiger partial charge in [-0.05, 0) is 43.4 Å². The Morgan fingerprint density at radius 2 is 2.20 bits per heavy atom. The van der Waals surface area contributed by atoms with Crippen LogP contribution in [0.2, 0.25) is 0 Å². The number of carbonyl (C=O) groups is 1. The van der Waals surface area contributed by atoms with E-state index in [0.29, 0.717) is 23.6 Å². The van der Waals surface area contributed by atoms with Gasteiger partial charge >= 0.3 is 0 Å². The zero-order valence-electron chi connectivity index (χ0n) is 11.1. The average Bonchev–Trinajstić information content (AvgIpc) is 2.74. The first-order chi connectivity index (χ1) is 9.46. The molecule has 0 bridgehead atoms. The summed E-state index contributed by atoms with van der Waals surface area (Å²) in [4.78, 5) is 11.9. The van der Waals surface area contributed by atoms with E-state index in [4.69, 9.17) is 0 Å². The van der Waals surface area contributed by atoms with Gasteiger partial charge in [-0.2, -0.15) is 0 Å². The molecule has 0 spiro atoms. The number of hydrogen-bond acceptors (Lipinski definition) is 3. The molecule has 1 N–H and O–H groups in total. The lowest BCUT2D eigenvalue weighted by Gasteiger charge is -2.08. The normalized spacial score (nSPS) is 20.8. The van der Waals surface area contributed by atoms with Gasteiger partial charge in [0.1, 0.15) is 0 Å². The lowest BCUT2D eigenvalue weighted by molar-refractivity contribution is 0.0952. The van der Waals surface area contributed by atoms with Gasteiger partial charge in [0.25, 0.3) is 5.91 Å². The number of nitrogens with one attached hydrogen (secondary N) is 1. The SMILES string of the molecule is O=C(NCCCC1CCS(=O)(=O)C1)c1cccc(Br)c1. The van der Waals surface area contributed by atoms with Crippen molar-refractivity contribution >= 4 is 31.7 Å². The fraction of sp³-hybridized carbons (Fsp3) is 0.500. The molecule has 1 unspecified atom stereocenters. The van der Waals surface area contributed by atoms with Gasteiger partial charge in [-0.1, -0.05) is 22.0 Å². The van der Waals surface area contributed by atoms with Crippen LogP contribution < -0.4 is 5.32 Å². The Hall–Kier alpha value is -0.880. The summed E-state index contributed by atoms with van der Waals surface area (Å²) in [5.74, 6) is 0.808. The number of carbonyl (C=O) groups excluding carboxylic acids is 1. The second-order valence-electron chi connectivity index (χ2n) is 5.18. The van der Waals surface area contributed by atoms with Crippen LogP contribution in [0, 0.1) is 5.92 Å². The zero-order chi connectivity index (χ0) is 14.6. The van der Waals surface area contributed by atoms with Gasteiger partial charge in [-0.25, -0.2) is 8.42 Å². The summed E-state index contributed by atoms with van der Waals surface area (Å²) in [6, 6.07) is 7.24. The highest BCUT2D eigenvalue weighted by atomic mass is 79.9. The number of hydrogen-bond donors (Lipinski definition) is 1. The van der Waals surface area contributed by atoms with Crippen molar-refractivity contribution in [2.24, 2.45) is 5.92 Å². The van der Waals surface area contributed by atoms with E-state index in [9.17, 15) is 13.2 Å². The number of benzene rings is 1. The van der Waals surface area contributed by atoms with Crippen molar-refractivity contribution in [3.63, 3.8) is 0 Å². The minimum Gasteiger partial charge on any atom is -0.352 e. The molecule has 1 aromatic rings. The van der Waals surface area contributed by atoms with E-state index >= 15 is 0 Å². The summed E-state index contributed by atoms with van der Waals surface area (Å²) < 4.78 is 23.5. The molecule has 4 nitrogen and oxygen atoms in total. The molecule has 2 rings (SSSR count). The zero-order valence-corrected chi connectivity index (χ0v) is 13.5. The number of sulfone groups is 1. The third kappa shape index (κ3) is 4.59. The Labute approximate surface area is 128 Å². The van der Waals surface area contributed by atoms with E-state index in [1.807, 2.05) is 12.1 Å². The second-order valence-corrected chi connectivity index (χ2v) is 8.32. The highest BCUT2D eigenvalue weighted by Gasteiger charge is 2.27. The maximum Gasteiger partial charge on any atom is 0.251 e. The van der Waals surface area contributed by atoms with Crippen LogP contribution in [0.3, 0.4) is 0 Å². The van der Waals surface area contributed by atoms with Crippen LogP contribution in [-0.2, 0) is 9.84 Å². The number of rotatable bonds is 5. The summed E-state index contributed by atoms with van der Waals surface area (Å²) in [5.41, 5.74) is 0.628. The average molecular weight is 360 g/mol. The van der Waals surface area contributed by atoms with Crippen LogP contribution in [0.1, 0.15) is 29.6 Å². The Morgan fingerprint density at radius 3 is 2.85 bits per heavy atom. The van der Waals surface area contributed by atoms with Crippen LogP contribution in [0.25, 0.3) is 0 Å². The van der Waals surface area contributed by atoms with Crippen LogP contribution in [0.5, 0.6) is 0 Å². The maximum absolute atomic E-state index is 11.9. The molecule has 0 aromatic heterocycles. The maximum atomic E-state index is 11.9. The highest BCUT2D eigenvalue weighted by molar-refractivity contribution is 9.10. The van der Waals surface area contributed by atoms with Crippen molar-refractivity contribution in [3.8, 4) is 0 Å².